The number of piperazine rings is 1. The molecule has 1 unspecified atom stereocenters. The van der Waals surface area contributed by atoms with Crippen molar-refractivity contribution in [1.82, 2.24) is 14.4 Å². The summed E-state index contributed by atoms with van der Waals surface area (Å²) in [5.74, 6) is 0.182. The van der Waals surface area contributed by atoms with Crippen LogP contribution < -0.4 is 14.7 Å². The van der Waals surface area contributed by atoms with Crippen molar-refractivity contribution in [1.29, 1.82) is 0 Å². The van der Waals surface area contributed by atoms with Gasteiger partial charge in [-0.3, -0.25) is 19.1 Å². The highest BCUT2D eigenvalue weighted by molar-refractivity contribution is 7.64. The number of nitrogens with zero attached hydrogens (tertiary/aromatic N) is 4. The highest BCUT2D eigenvalue weighted by Gasteiger charge is 2.43. The molecule has 0 radical (unpaired) electrons. The van der Waals surface area contributed by atoms with Gasteiger partial charge in [-0.15, -0.1) is 0 Å². The quantitative estimate of drug-likeness (QED) is 0.232. The van der Waals surface area contributed by atoms with Crippen LogP contribution in [0.5, 0.6) is 0 Å². The fourth-order valence-corrected chi connectivity index (χ4v) is 8.87. The molecule has 1 amide bonds. The Morgan fingerprint density at radius 2 is 1.90 bits per heavy atom. The number of esters is 1. The van der Waals surface area contributed by atoms with Gasteiger partial charge in [0.05, 0.1) is 22.9 Å². The fraction of sp³-hybridized carbons (Fsp3) is 0.483. The number of ether oxygens (including phenoxy) is 2. The largest absolute Gasteiger partial charge is 0.462 e. The van der Waals surface area contributed by atoms with Gasteiger partial charge in [0.2, 0.25) is 5.91 Å². The van der Waals surface area contributed by atoms with Crippen LogP contribution in [0.1, 0.15) is 31.9 Å². The van der Waals surface area contributed by atoms with E-state index in [0.29, 0.717) is 10.7 Å². The number of methoxy groups -OCH3 is 1. The second kappa shape index (κ2) is 13.0. The summed E-state index contributed by atoms with van der Waals surface area (Å²) in [6.07, 6.45) is 0.239. The molecule has 0 aliphatic carbocycles. The summed E-state index contributed by atoms with van der Waals surface area (Å²) >= 11 is 8.28. The first-order valence-corrected chi connectivity index (χ1v) is 17.1. The van der Waals surface area contributed by atoms with Gasteiger partial charge in [0, 0.05) is 50.2 Å². The topological polar surface area (TPSA) is 104 Å². The number of halogens is 1. The molecule has 2 aliphatic rings. The average molecular weight is 634 g/mol. The molecule has 0 bridgehead atoms. The third-order valence-corrected chi connectivity index (χ3v) is 11.2. The van der Waals surface area contributed by atoms with Crippen molar-refractivity contribution >= 4 is 64.0 Å². The molecule has 13 heteroatoms. The Kier molecular flexibility index (Phi) is 9.56. The number of nitrogens with one attached hydrogen (secondary N) is 1. The molecule has 2 aromatic carbocycles. The van der Waals surface area contributed by atoms with E-state index in [-0.39, 0.29) is 24.8 Å². The Morgan fingerprint density at radius 1 is 1.17 bits per heavy atom. The number of fused-ring (bicyclic) bond motifs is 2. The van der Waals surface area contributed by atoms with E-state index < -0.39 is 19.5 Å². The van der Waals surface area contributed by atoms with Crippen molar-refractivity contribution in [3.05, 3.63) is 52.5 Å². The van der Waals surface area contributed by atoms with Gasteiger partial charge in [0.25, 0.3) is 7.44 Å². The number of carbonyl (C=O) groups is 2. The number of rotatable bonds is 11. The first kappa shape index (κ1) is 30.9. The van der Waals surface area contributed by atoms with Gasteiger partial charge in [-0.25, -0.2) is 9.76 Å². The SMILES string of the molecule is COCP(=O)(N[C@@H](C)C(=O)OC(C)C)N1C(=O)Cc2cc(CCN3CCN(c4nsc5ccccc45)CC3)c(Cl)cc21. The highest BCUT2D eigenvalue weighted by Crippen LogP contribution is 2.53. The first-order chi connectivity index (χ1) is 20.1. The average Bonchev–Trinajstić information content (AvgIpc) is 3.52. The van der Waals surface area contributed by atoms with Crippen LogP contribution in [0.2, 0.25) is 5.02 Å². The van der Waals surface area contributed by atoms with E-state index in [9.17, 15) is 14.2 Å². The van der Waals surface area contributed by atoms with E-state index in [0.717, 1.165) is 56.1 Å². The Labute approximate surface area is 255 Å². The predicted octanol–water partition coefficient (Wildman–Crippen LogP) is 4.93. The van der Waals surface area contributed by atoms with Gasteiger partial charge in [-0.1, -0.05) is 29.8 Å². The number of anilines is 2. The maximum absolute atomic E-state index is 14.1. The van der Waals surface area contributed by atoms with Crippen LogP contribution in [0.3, 0.4) is 0 Å². The third kappa shape index (κ3) is 6.51. The van der Waals surface area contributed by atoms with Crippen molar-refractivity contribution in [3.63, 3.8) is 0 Å². The Morgan fingerprint density at radius 3 is 2.62 bits per heavy atom. The minimum absolute atomic E-state index is 0.0972. The maximum atomic E-state index is 14.1. The van der Waals surface area contributed by atoms with Crippen LogP contribution in [0, 0.1) is 0 Å². The zero-order valence-electron chi connectivity index (χ0n) is 24.3. The lowest BCUT2D eigenvalue weighted by atomic mass is 10.1. The van der Waals surface area contributed by atoms with Crippen molar-refractivity contribution in [3.8, 4) is 0 Å². The Hall–Kier alpha value is -2.53. The van der Waals surface area contributed by atoms with Crippen LogP contribution in [-0.2, 0) is 36.5 Å². The second-order valence-corrected chi connectivity index (χ2v) is 14.5. The van der Waals surface area contributed by atoms with Crippen LogP contribution in [0.4, 0.5) is 11.5 Å². The molecule has 1 N–H and O–H groups in total. The fourth-order valence-electron chi connectivity index (χ4n) is 5.50. The Balaban J connectivity index is 1.24. The molecular formula is C29H37ClN5O5PS. The van der Waals surface area contributed by atoms with Gasteiger partial charge >= 0.3 is 5.97 Å². The molecule has 0 saturated carbocycles. The summed E-state index contributed by atoms with van der Waals surface area (Å²) in [6.45, 7) is 9.52. The minimum atomic E-state index is -3.69. The summed E-state index contributed by atoms with van der Waals surface area (Å²) in [5.41, 5.74) is 2.19. The highest BCUT2D eigenvalue weighted by atomic mass is 35.5. The minimum Gasteiger partial charge on any atom is -0.462 e. The molecule has 1 fully saturated rings. The second-order valence-electron chi connectivity index (χ2n) is 11.0. The number of hydrogen-bond donors (Lipinski definition) is 1. The third-order valence-electron chi connectivity index (χ3n) is 7.51. The molecule has 2 atom stereocenters. The van der Waals surface area contributed by atoms with Crippen LogP contribution >= 0.6 is 30.6 Å². The number of aromatic nitrogens is 1. The van der Waals surface area contributed by atoms with Crippen molar-refractivity contribution in [2.75, 3.05) is 55.8 Å². The molecule has 42 heavy (non-hydrogen) atoms. The summed E-state index contributed by atoms with van der Waals surface area (Å²) in [6, 6.07) is 11.1. The smallest absolute Gasteiger partial charge is 0.323 e. The number of carbonyl (C=O) groups excluding carboxylic acids is 2. The molecule has 10 nitrogen and oxygen atoms in total. The normalized spacial score (nSPS) is 18.0. The lowest BCUT2D eigenvalue weighted by molar-refractivity contribution is -0.149. The van der Waals surface area contributed by atoms with Gasteiger partial charge in [0.1, 0.15) is 18.2 Å². The maximum Gasteiger partial charge on any atom is 0.323 e. The molecule has 3 heterocycles. The molecule has 2 aliphatic heterocycles. The zero-order valence-corrected chi connectivity index (χ0v) is 26.8. The lowest BCUT2D eigenvalue weighted by Gasteiger charge is -2.35. The molecule has 1 aromatic heterocycles. The summed E-state index contributed by atoms with van der Waals surface area (Å²) in [5, 5.41) is 4.56. The zero-order chi connectivity index (χ0) is 30.0. The van der Waals surface area contributed by atoms with Crippen molar-refractivity contribution < 1.29 is 23.6 Å². The van der Waals surface area contributed by atoms with Crippen molar-refractivity contribution in [2.24, 2.45) is 0 Å². The number of amides is 1. The van der Waals surface area contributed by atoms with E-state index in [1.54, 1.807) is 38.4 Å². The van der Waals surface area contributed by atoms with Gasteiger partial charge in [-0.2, -0.15) is 4.37 Å². The predicted molar refractivity (Wildman–Crippen MR) is 168 cm³/mol. The molecule has 1 saturated heterocycles. The molecule has 3 aromatic rings. The molecule has 226 valence electrons. The standard InChI is InChI=1S/C29H37ClN5O5PS/c1-19(2)40-29(37)20(3)31-41(38,18-39-4)35-25-17-24(30)21(15-22(25)16-27(35)36)9-10-33-11-13-34(14-12-33)28-23-7-5-6-8-26(23)42-32-28/h5-8,15,17,19-20H,9-14,16,18H2,1-4H3,(H,31,38)/t20-,41?/m0/s1. The molecule has 5 rings (SSSR count). The van der Waals surface area contributed by atoms with Gasteiger partial charge in [-0.05, 0) is 68.1 Å². The monoisotopic (exact) mass is 633 g/mol. The number of hydrogen-bond acceptors (Lipinski definition) is 9. The summed E-state index contributed by atoms with van der Waals surface area (Å²) in [7, 11) is -2.28. The molecular weight excluding hydrogens is 597 g/mol. The number of benzene rings is 2. The van der Waals surface area contributed by atoms with Crippen molar-refractivity contribution in [2.45, 2.75) is 45.8 Å². The van der Waals surface area contributed by atoms with Gasteiger partial charge < -0.3 is 14.4 Å². The van der Waals surface area contributed by atoms with E-state index in [2.05, 4.69) is 33.1 Å². The Bertz CT molecular complexity index is 1510. The van der Waals surface area contributed by atoms with E-state index >= 15 is 0 Å². The summed E-state index contributed by atoms with van der Waals surface area (Å²) in [4.78, 5) is 30.4. The summed E-state index contributed by atoms with van der Waals surface area (Å²) < 4.78 is 31.7. The van der Waals surface area contributed by atoms with Gasteiger partial charge in [0.15, 0.2) is 0 Å². The van der Waals surface area contributed by atoms with E-state index in [4.69, 9.17) is 25.4 Å². The van der Waals surface area contributed by atoms with E-state index in [1.807, 2.05) is 12.1 Å². The lowest BCUT2D eigenvalue weighted by Crippen LogP contribution is -2.47. The van der Waals surface area contributed by atoms with E-state index in [1.165, 1.54) is 21.9 Å². The van der Waals surface area contributed by atoms with Crippen LogP contribution in [0.15, 0.2) is 36.4 Å². The molecule has 0 spiro atoms. The first-order valence-electron chi connectivity index (χ1n) is 14.1. The van der Waals surface area contributed by atoms with Crippen LogP contribution in [-0.4, -0.2) is 79.5 Å². The van der Waals surface area contributed by atoms with Crippen LogP contribution in [0.25, 0.3) is 10.1 Å².